The molecule has 0 spiro atoms. The number of ether oxygens (including phenoxy) is 1. The lowest BCUT2D eigenvalue weighted by Gasteiger charge is -2.41. The Morgan fingerprint density at radius 2 is 1.70 bits per heavy atom. The molecule has 37 heavy (non-hydrogen) atoms. The molecule has 2 N–H and O–H groups in total. The number of aromatic hydroxyl groups is 1. The summed E-state index contributed by atoms with van der Waals surface area (Å²) in [7, 11) is -10.4. The van der Waals surface area contributed by atoms with Crippen LogP contribution in [0.1, 0.15) is 41.3 Å². The second-order valence-corrected chi connectivity index (χ2v) is 10.8. The third-order valence-corrected chi connectivity index (χ3v) is 6.93. The van der Waals surface area contributed by atoms with Gasteiger partial charge in [-0.25, -0.2) is 4.39 Å². The minimum Gasteiger partial charge on any atom is -0.502 e. The molecule has 2 aromatic rings. The zero-order chi connectivity index (χ0) is 27.6. The first-order valence-electron chi connectivity index (χ1n) is 10.7. The summed E-state index contributed by atoms with van der Waals surface area (Å²) in [5, 5.41) is 18.2. The fourth-order valence-corrected chi connectivity index (χ4v) is 4.81. The van der Waals surface area contributed by atoms with Gasteiger partial charge in [-0.05, 0) is 36.8 Å². The fraction of sp³-hybridized carbons (Fsp3) is 0.273. The van der Waals surface area contributed by atoms with E-state index < -0.39 is 67.9 Å². The molecule has 4 rings (SSSR count). The summed E-state index contributed by atoms with van der Waals surface area (Å²) < 4.78 is 88.1. The Labute approximate surface area is 205 Å². The number of benzene rings is 2. The van der Waals surface area contributed by atoms with E-state index in [-0.39, 0.29) is 55.0 Å². The van der Waals surface area contributed by atoms with Gasteiger partial charge in [-0.2, -0.15) is 0 Å². The Balaban J connectivity index is 1.71. The van der Waals surface area contributed by atoms with E-state index in [1.54, 1.807) is 6.92 Å². The second kappa shape index (κ2) is 7.87. The van der Waals surface area contributed by atoms with E-state index in [4.69, 9.17) is 10.1 Å². The molecule has 2 aliphatic heterocycles. The zero-order valence-corrected chi connectivity index (χ0v) is 19.8. The van der Waals surface area contributed by atoms with Crippen molar-refractivity contribution in [1.82, 2.24) is 4.90 Å². The first-order chi connectivity index (χ1) is 16.9. The average Bonchev–Trinajstić information content (AvgIpc) is 3.28. The summed E-state index contributed by atoms with van der Waals surface area (Å²) in [4.78, 5) is 35.8. The molecule has 2 aromatic carbocycles. The van der Waals surface area contributed by atoms with Gasteiger partial charge in [-0.3, -0.25) is 24.7 Å². The number of ketones is 1. The fourth-order valence-electron chi connectivity index (χ4n) is 4.12. The van der Waals surface area contributed by atoms with Gasteiger partial charge in [-0.1, -0.05) is 19.4 Å². The van der Waals surface area contributed by atoms with Gasteiger partial charge in [0.2, 0.25) is 11.8 Å². The minimum absolute atomic E-state index is 0.0549. The van der Waals surface area contributed by atoms with E-state index in [2.05, 4.69) is 0 Å². The summed E-state index contributed by atoms with van der Waals surface area (Å²) in [6.45, 7) is 0.561. The topological polar surface area (TPSA) is 111 Å². The zero-order valence-electron chi connectivity index (χ0n) is 19.0. The average molecular weight is 551 g/mol. The number of nitrogens with zero attached hydrogens (tertiary/aromatic N) is 2. The molecule has 0 aromatic heterocycles. The number of nitrogens with one attached hydrogen (secondary N) is 1. The highest BCUT2D eigenvalue weighted by molar-refractivity contribution is 8.45. The van der Waals surface area contributed by atoms with Crippen LogP contribution < -0.4 is 9.64 Å². The van der Waals surface area contributed by atoms with E-state index in [1.165, 1.54) is 6.07 Å². The van der Waals surface area contributed by atoms with Crippen LogP contribution in [0.15, 0.2) is 29.2 Å². The minimum atomic E-state index is -10.4. The van der Waals surface area contributed by atoms with Crippen molar-refractivity contribution in [3.63, 3.8) is 0 Å². The lowest BCUT2D eigenvalue weighted by Crippen LogP contribution is -2.31. The molecule has 2 amide bonds. The maximum Gasteiger partial charge on any atom is 0.310 e. The van der Waals surface area contributed by atoms with Crippen LogP contribution in [0.25, 0.3) is 0 Å². The predicted molar refractivity (Wildman–Crippen MR) is 120 cm³/mol. The molecule has 0 bridgehead atoms. The van der Waals surface area contributed by atoms with Gasteiger partial charge in [-0.15, -0.1) is 0 Å². The molecule has 0 aliphatic carbocycles. The number of phenolic OH excluding ortho intramolecular Hbond substituents is 1. The summed E-state index contributed by atoms with van der Waals surface area (Å²) in [5.74, 6) is -5.86. The van der Waals surface area contributed by atoms with Gasteiger partial charge in [0.15, 0.2) is 23.1 Å². The van der Waals surface area contributed by atoms with Crippen molar-refractivity contribution in [2.24, 2.45) is 0 Å². The van der Waals surface area contributed by atoms with E-state index in [0.717, 1.165) is 4.90 Å². The number of carbonyl (C=O) groups is 3. The van der Waals surface area contributed by atoms with Gasteiger partial charge in [0, 0.05) is 24.9 Å². The SMILES string of the molecule is CCOc1cc2c(c(F)c1O)C(=N)N(CC(=O)c1cc(N3C(=O)CCC3=O)cc(S(F)(F)(F)(F)F)c1)C2. The molecule has 0 radical (unpaired) electrons. The van der Waals surface area contributed by atoms with Crippen LogP contribution in [-0.4, -0.2) is 46.6 Å². The second-order valence-electron chi connectivity index (χ2n) is 8.44. The molecule has 1 fully saturated rings. The molecule has 1 saturated heterocycles. The van der Waals surface area contributed by atoms with Crippen molar-refractivity contribution in [2.45, 2.75) is 31.2 Å². The van der Waals surface area contributed by atoms with Gasteiger partial charge >= 0.3 is 10.2 Å². The smallest absolute Gasteiger partial charge is 0.310 e. The van der Waals surface area contributed by atoms with Gasteiger partial charge < -0.3 is 14.7 Å². The number of Topliss-reactive ketones (excluding diaryl/α,β-unsaturated/α-hetero) is 1. The summed E-state index contributed by atoms with van der Waals surface area (Å²) >= 11 is 0. The molecule has 15 heteroatoms. The molecular weight excluding hydrogens is 532 g/mol. The number of halogens is 6. The van der Waals surface area contributed by atoms with Gasteiger partial charge in [0.25, 0.3) is 0 Å². The van der Waals surface area contributed by atoms with Crippen LogP contribution in [0.5, 0.6) is 11.5 Å². The van der Waals surface area contributed by atoms with E-state index in [0.29, 0.717) is 11.0 Å². The van der Waals surface area contributed by atoms with Crippen LogP contribution in [0.2, 0.25) is 0 Å². The molecule has 2 aliphatic rings. The first-order valence-corrected chi connectivity index (χ1v) is 12.7. The normalized spacial score (nSPS) is 17.6. The van der Waals surface area contributed by atoms with Crippen LogP contribution in [0.4, 0.5) is 29.5 Å². The Hall–Kier alpha value is -3.75. The Bertz CT molecular complexity index is 1380. The molecule has 8 nitrogen and oxygen atoms in total. The molecular formula is C22H19F6N3O5S. The predicted octanol–water partition coefficient (Wildman–Crippen LogP) is 5.26. The van der Waals surface area contributed by atoms with Crippen LogP contribution >= 0.6 is 10.2 Å². The molecule has 200 valence electrons. The summed E-state index contributed by atoms with van der Waals surface area (Å²) in [6, 6.07) is 1.82. The number of amides is 2. The van der Waals surface area contributed by atoms with Crippen molar-refractivity contribution >= 4 is 39.3 Å². The van der Waals surface area contributed by atoms with Crippen molar-refractivity contribution < 1.29 is 48.0 Å². The van der Waals surface area contributed by atoms with E-state index in [9.17, 15) is 43.3 Å². The van der Waals surface area contributed by atoms with E-state index in [1.807, 2.05) is 0 Å². The van der Waals surface area contributed by atoms with Crippen molar-refractivity contribution in [3.05, 3.63) is 46.8 Å². The first kappa shape index (κ1) is 26.3. The van der Waals surface area contributed by atoms with Crippen molar-refractivity contribution in [3.8, 4) is 11.5 Å². The van der Waals surface area contributed by atoms with Crippen LogP contribution in [0.3, 0.4) is 0 Å². The summed E-state index contributed by atoms with van der Waals surface area (Å²) in [6.07, 6.45) is -0.678. The lowest BCUT2D eigenvalue weighted by molar-refractivity contribution is -0.121. The third kappa shape index (κ3) is 4.82. The number of anilines is 1. The highest BCUT2D eigenvalue weighted by atomic mass is 32.5. The number of carbonyl (C=O) groups excluding carboxylic acids is 3. The maximum absolute atomic E-state index is 14.7. The van der Waals surface area contributed by atoms with Gasteiger partial charge in [0.05, 0.1) is 24.4 Å². The number of phenols is 1. The Morgan fingerprint density at radius 3 is 2.27 bits per heavy atom. The number of hydrogen-bond acceptors (Lipinski definition) is 6. The highest BCUT2D eigenvalue weighted by Crippen LogP contribution is 3.02. The standard InChI is InChI=1S/C22H19F6N3O5S/c1-2-36-16-7-12-9-30(22(29)19(12)20(23)21(16)35)10-15(32)11-5-13(31-17(33)3-4-18(31)34)8-14(6-11)37(24,25,26,27)28/h5-8,29,35H,2-4,9-10H2,1H3. The van der Waals surface area contributed by atoms with Crippen LogP contribution in [-0.2, 0) is 16.1 Å². The summed E-state index contributed by atoms with van der Waals surface area (Å²) in [5.41, 5.74) is -1.94. The monoisotopic (exact) mass is 551 g/mol. The Morgan fingerprint density at radius 1 is 1.08 bits per heavy atom. The van der Waals surface area contributed by atoms with Crippen molar-refractivity contribution in [1.29, 1.82) is 5.41 Å². The number of fused-ring (bicyclic) bond motifs is 1. The third-order valence-electron chi connectivity index (χ3n) is 5.80. The largest absolute Gasteiger partial charge is 0.502 e. The molecule has 0 saturated carbocycles. The quantitative estimate of drug-likeness (QED) is 0.276. The Kier molecular flexibility index (Phi) is 5.60. The number of imide groups is 1. The number of hydrogen-bond donors (Lipinski definition) is 2. The number of amidine groups is 1. The molecule has 0 atom stereocenters. The molecule has 2 heterocycles. The van der Waals surface area contributed by atoms with E-state index >= 15 is 0 Å². The lowest BCUT2D eigenvalue weighted by atomic mass is 10.1. The van der Waals surface area contributed by atoms with Crippen LogP contribution in [0, 0.1) is 11.2 Å². The van der Waals surface area contributed by atoms with Gasteiger partial charge in [0.1, 0.15) is 10.7 Å². The maximum atomic E-state index is 14.7. The number of rotatable bonds is 7. The van der Waals surface area contributed by atoms with Crippen molar-refractivity contribution in [2.75, 3.05) is 18.1 Å². The molecule has 0 unspecified atom stereocenters. The highest BCUT2D eigenvalue weighted by Gasteiger charge is 2.65.